The minimum Gasteiger partial charge on any atom is -0.456 e. The molecule has 0 radical (unpaired) electrons. The first-order valence-corrected chi connectivity index (χ1v) is 28.6. The Hall–Kier alpha value is -2.29. The van der Waals surface area contributed by atoms with Crippen molar-refractivity contribution in [2.75, 3.05) is 40.9 Å². The second-order valence-corrected chi connectivity index (χ2v) is 20.9. The highest BCUT2D eigenvalue weighted by molar-refractivity contribution is 7.47. The minimum atomic E-state index is -4.45. The zero-order valence-corrected chi connectivity index (χ0v) is 44.6. The van der Waals surface area contributed by atoms with E-state index in [1.54, 1.807) is 0 Å². The van der Waals surface area contributed by atoms with Crippen molar-refractivity contribution in [3.8, 4) is 0 Å². The van der Waals surface area contributed by atoms with Crippen molar-refractivity contribution >= 4 is 19.7 Å². The number of carbonyl (C=O) groups is 2. The molecule has 0 fully saturated rings. The molecule has 9 nitrogen and oxygen atoms in total. The summed E-state index contributed by atoms with van der Waals surface area (Å²) in [5, 5.41) is 3.02. The van der Waals surface area contributed by atoms with Crippen LogP contribution >= 0.6 is 7.82 Å². The van der Waals surface area contributed by atoms with Crippen LogP contribution in [0.25, 0.3) is 0 Å². The van der Waals surface area contributed by atoms with Crippen molar-refractivity contribution < 1.29 is 37.3 Å². The Kier molecular flexibility index (Phi) is 44.8. The molecule has 0 aliphatic heterocycles. The largest absolute Gasteiger partial charge is 0.472 e. The molecule has 0 saturated carbocycles. The summed E-state index contributed by atoms with van der Waals surface area (Å²) in [5.74, 6) is -0.598. The molecule has 0 rings (SSSR count). The van der Waals surface area contributed by atoms with Gasteiger partial charge in [-0.3, -0.25) is 18.6 Å². The van der Waals surface area contributed by atoms with Crippen molar-refractivity contribution in [3.05, 3.63) is 60.8 Å². The smallest absolute Gasteiger partial charge is 0.456 e. The van der Waals surface area contributed by atoms with E-state index in [-0.39, 0.29) is 25.5 Å². The normalized spacial score (nSPS) is 14.3. The lowest BCUT2D eigenvalue weighted by molar-refractivity contribution is -0.870. The van der Waals surface area contributed by atoms with Crippen molar-refractivity contribution in [1.82, 2.24) is 5.32 Å². The molecule has 0 aliphatic carbocycles. The van der Waals surface area contributed by atoms with E-state index >= 15 is 0 Å². The predicted octanol–water partition coefficient (Wildman–Crippen LogP) is 15.9. The van der Waals surface area contributed by atoms with Crippen LogP contribution in [0.15, 0.2) is 60.8 Å². The molecule has 0 aromatic rings. The number of quaternary nitrogens is 1. The van der Waals surface area contributed by atoms with E-state index in [0.29, 0.717) is 23.9 Å². The molecule has 1 amide bonds. The number of phosphoric acid groups is 1. The fourth-order valence-electron chi connectivity index (χ4n) is 7.45. The monoisotopic (exact) mass is 948 g/mol. The maximum Gasteiger partial charge on any atom is 0.472 e. The van der Waals surface area contributed by atoms with Gasteiger partial charge in [-0.1, -0.05) is 204 Å². The highest BCUT2D eigenvalue weighted by Crippen LogP contribution is 2.43. The van der Waals surface area contributed by atoms with Gasteiger partial charge in [-0.15, -0.1) is 0 Å². The fraction of sp³-hybridized carbons (Fsp3) is 0.786. The molecule has 2 N–H and O–H groups in total. The lowest BCUT2D eigenvalue weighted by Crippen LogP contribution is -2.47. The minimum absolute atomic E-state index is 0.0289. The summed E-state index contributed by atoms with van der Waals surface area (Å²) >= 11 is 0. The van der Waals surface area contributed by atoms with Crippen LogP contribution in [0.1, 0.15) is 233 Å². The first-order chi connectivity index (χ1) is 31.9. The highest BCUT2D eigenvalue weighted by Gasteiger charge is 2.30. The van der Waals surface area contributed by atoms with Gasteiger partial charge in [-0.05, 0) is 76.7 Å². The molecule has 66 heavy (non-hydrogen) atoms. The molecule has 0 aromatic heterocycles. The molecular weight excluding hydrogens is 844 g/mol. The zero-order valence-electron chi connectivity index (χ0n) is 43.7. The van der Waals surface area contributed by atoms with Crippen LogP contribution in [-0.2, 0) is 27.9 Å². The maximum absolute atomic E-state index is 13.4. The third-order valence-electron chi connectivity index (χ3n) is 11.7. The van der Waals surface area contributed by atoms with Crippen molar-refractivity contribution in [3.63, 3.8) is 0 Å². The summed E-state index contributed by atoms with van der Waals surface area (Å²) < 4.78 is 30.5. The third-order valence-corrected chi connectivity index (χ3v) is 12.7. The van der Waals surface area contributed by atoms with Gasteiger partial charge in [-0.2, -0.15) is 0 Å². The van der Waals surface area contributed by atoms with Crippen LogP contribution in [-0.4, -0.2) is 74.3 Å². The molecule has 0 bridgehead atoms. The standard InChI is InChI=1S/C56H103N2O7P/c1-7-10-13-16-19-22-25-28-29-31-33-36-39-42-45-48-55(59)57-53(52-64-66(61,62)63-51-50-58(4,5)6)54(47-44-41-38-35-32-27-24-21-18-15-12-9-3)65-56(60)49-46-43-40-37-34-30-26-23-20-17-14-11-8-2/h19,22,25,28,30,34,40,43-44,47,53-54H,7-18,20-21,23-24,26-27,29,31-33,35-39,41-42,45-46,48-52H2,1-6H3,(H-,57,59,61,62)/p+1/b22-19+,28-25+,34-30-,43-40+,47-44+. The number of amides is 1. The number of esters is 1. The van der Waals surface area contributed by atoms with Crippen LogP contribution in [0.3, 0.4) is 0 Å². The molecule has 0 aliphatic rings. The number of rotatable bonds is 48. The number of likely N-dealkylation sites (N-methyl/N-ethyl adjacent to an activating group) is 1. The van der Waals surface area contributed by atoms with Gasteiger partial charge in [0, 0.05) is 12.8 Å². The average Bonchev–Trinajstić information content (AvgIpc) is 3.27. The van der Waals surface area contributed by atoms with E-state index < -0.39 is 25.9 Å². The zero-order chi connectivity index (χ0) is 48.7. The molecule has 10 heteroatoms. The Morgan fingerprint density at radius 3 is 1.52 bits per heavy atom. The van der Waals surface area contributed by atoms with Crippen LogP contribution in [0.2, 0.25) is 0 Å². The Morgan fingerprint density at radius 2 is 0.985 bits per heavy atom. The lowest BCUT2D eigenvalue weighted by Gasteiger charge is -2.27. The highest BCUT2D eigenvalue weighted by atomic mass is 31.2. The number of hydrogen-bond acceptors (Lipinski definition) is 6. The van der Waals surface area contributed by atoms with Crippen molar-refractivity contribution in [2.24, 2.45) is 0 Å². The number of allylic oxidation sites excluding steroid dienone is 9. The molecule has 384 valence electrons. The second kappa shape index (κ2) is 46.4. The number of nitrogens with zero attached hydrogens (tertiary/aromatic N) is 1. The van der Waals surface area contributed by atoms with Crippen molar-refractivity contribution in [2.45, 2.75) is 245 Å². The first kappa shape index (κ1) is 63.7. The van der Waals surface area contributed by atoms with Gasteiger partial charge in [0.05, 0.1) is 33.8 Å². The molecule has 0 spiro atoms. The summed E-state index contributed by atoms with van der Waals surface area (Å²) in [6, 6.07) is -0.876. The molecule has 3 atom stereocenters. The summed E-state index contributed by atoms with van der Waals surface area (Å²) in [5.41, 5.74) is 0. The van der Waals surface area contributed by atoms with Gasteiger partial charge in [0.1, 0.15) is 19.3 Å². The first-order valence-electron chi connectivity index (χ1n) is 27.1. The molecule has 0 saturated heterocycles. The van der Waals surface area contributed by atoms with Crippen LogP contribution in [0.4, 0.5) is 0 Å². The Labute approximate surface area is 407 Å². The summed E-state index contributed by atoms with van der Waals surface area (Å²) in [4.78, 5) is 37.4. The number of carbonyl (C=O) groups excluding carboxylic acids is 2. The van der Waals surface area contributed by atoms with Gasteiger partial charge in [0.2, 0.25) is 5.91 Å². The van der Waals surface area contributed by atoms with E-state index in [9.17, 15) is 19.0 Å². The van der Waals surface area contributed by atoms with E-state index in [4.69, 9.17) is 13.8 Å². The summed E-state index contributed by atoms with van der Waals surface area (Å²) in [6.45, 7) is 6.91. The average molecular weight is 948 g/mol. The molecule has 0 heterocycles. The molecule has 3 unspecified atom stereocenters. The maximum atomic E-state index is 13.4. The van der Waals surface area contributed by atoms with Crippen LogP contribution in [0, 0.1) is 0 Å². The molecular formula is C56H104N2O7P+. The van der Waals surface area contributed by atoms with Crippen LogP contribution < -0.4 is 5.32 Å². The molecule has 0 aromatic carbocycles. The van der Waals surface area contributed by atoms with Crippen molar-refractivity contribution in [1.29, 1.82) is 0 Å². The van der Waals surface area contributed by atoms with E-state index in [1.165, 1.54) is 116 Å². The van der Waals surface area contributed by atoms with Gasteiger partial charge >= 0.3 is 13.8 Å². The predicted molar refractivity (Wildman–Crippen MR) is 282 cm³/mol. The van der Waals surface area contributed by atoms with Gasteiger partial charge in [-0.25, -0.2) is 4.57 Å². The number of hydrogen-bond donors (Lipinski definition) is 2. The Morgan fingerprint density at radius 1 is 0.545 bits per heavy atom. The number of unbranched alkanes of at least 4 members (excludes halogenated alkanes) is 25. The Balaban J connectivity index is 5.50. The van der Waals surface area contributed by atoms with Crippen LogP contribution in [0.5, 0.6) is 0 Å². The SMILES string of the molecule is CCCCC/C=C/C=C/CCCCCCCCC(=O)NC(COP(=O)(O)OCC[N+](C)(C)C)C(/C=C/CCCCCCCCCCCC)OC(=O)CC/C=C/C/C=C\CCCCCCCC. The number of ether oxygens (including phenoxy) is 1. The van der Waals surface area contributed by atoms with E-state index in [1.807, 2.05) is 39.4 Å². The fourth-order valence-corrected chi connectivity index (χ4v) is 8.19. The number of phosphoric ester groups is 1. The Bertz CT molecular complexity index is 1320. The van der Waals surface area contributed by atoms with E-state index in [2.05, 4.69) is 68.6 Å². The quantitative estimate of drug-likeness (QED) is 0.0156. The summed E-state index contributed by atoms with van der Waals surface area (Å²) in [6.07, 6.45) is 56.5. The lowest BCUT2D eigenvalue weighted by atomic mass is 10.0. The second-order valence-electron chi connectivity index (χ2n) is 19.4. The van der Waals surface area contributed by atoms with E-state index in [0.717, 1.165) is 77.0 Å². The third kappa shape index (κ3) is 46.8. The van der Waals surface area contributed by atoms with Gasteiger partial charge in [0.15, 0.2) is 0 Å². The van der Waals surface area contributed by atoms with Gasteiger partial charge in [0.25, 0.3) is 0 Å². The summed E-state index contributed by atoms with van der Waals surface area (Å²) in [7, 11) is 1.46. The van der Waals surface area contributed by atoms with Gasteiger partial charge < -0.3 is 19.4 Å². The topological polar surface area (TPSA) is 111 Å². The number of nitrogens with one attached hydrogen (secondary N) is 1.